The topological polar surface area (TPSA) is 66.5 Å². The average molecular weight is 387 g/mol. The van der Waals surface area contributed by atoms with E-state index in [2.05, 4.69) is 4.72 Å². The van der Waals surface area contributed by atoms with Crippen molar-refractivity contribution in [2.24, 2.45) is 0 Å². The Labute approximate surface area is 161 Å². The molecule has 0 bridgehead atoms. The molecule has 144 valence electrons. The number of hydrogen-bond donors (Lipinski definition) is 1. The zero-order chi connectivity index (χ0) is 19.4. The highest BCUT2D eigenvalue weighted by molar-refractivity contribution is 7.89. The van der Waals surface area contributed by atoms with Crippen molar-refractivity contribution in [3.63, 3.8) is 0 Å². The third kappa shape index (κ3) is 4.57. The van der Waals surface area contributed by atoms with Gasteiger partial charge in [-0.05, 0) is 56.9 Å². The van der Waals surface area contributed by atoms with E-state index >= 15 is 0 Å². The number of carbonyl (C=O) groups is 1. The summed E-state index contributed by atoms with van der Waals surface area (Å²) in [7, 11) is -3.73. The van der Waals surface area contributed by atoms with Gasteiger partial charge in [0.2, 0.25) is 10.0 Å². The minimum Gasteiger partial charge on any atom is -0.336 e. The number of hydrogen-bond acceptors (Lipinski definition) is 3. The van der Waals surface area contributed by atoms with Crippen LogP contribution in [-0.4, -0.2) is 31.8 Å². The molecular formula is C21H26N2O3S. The fraction of sp³-hybridized carbons (Fsp3) is 0.381. The van der Waals surface area contributed by atoms with E-state index in [9.17, 15) is 13.2 Å². The molecule has 0 spiro atoms. The van der Waals surface area contributed by atoms with E-state index in [0.717, 1.165) is 31.4 Å². The number of piperidine rings is 1. The first-order valence-corrected chi connectivity index (χ1v) is 10.8. The normalized spacial score (nSPS) is 18.9. The van der Waals surface area contributed by atoms with Crippen molar-refractivity contribution in [2.45, 2.75) is 50.1 Å². The van der Waals surface area contributed by atoms with Crippen LogP contribution in [0.25, 0.3) is 0 Å². The van der Waals surface area contributed by atoms with Crippen LogP contribution in [0.3, 0.4) is 0 Å². The van der Waals surface area contributed by atoms with Crippen molar-refractivity contribution in [1.82, 2.24) is 9.62 Å². The lowest BCUT2D eigenvalue weighted by Gasteiger charge is -2.33. The second-order valence-electron chi connectivity index (χ2n) is 7.12. The lowest BCUT2D eigenvalue weighted by Crippen LogP contribution is -2.42. The van der Waals surface area contributed by atoms with Gasteiger partial charge in [0.05, 0.1) is 4.90 Å². The second kappa shape index (κ2) is 8.23. The molecule has 2 aromatic rings. The first kappa shape index (κ1) is 19.6. The van der Waals surface area contributed by atoms with Gasteiger partial charge in [0.15, 0.2) is 0 Å². The molecule has 2 aromatic carbocycles. The molecule has 5 nitrogen and oxygen atoms in total. The third-order valence-corrected chi connectivity index (χ3v) is 6.63. The smallest absolute Gasteiger partial charge is 0.254 e. The Bertz CT molecular complexity index is 897. The molecule has 3 rings (SSSR count). The predicted octanol–water partition coefficient (Wildman–Crippen LogP) is 3.74. The molecule has 0 saturated carbocycles. The SMILES string of the molecule is CC(NS(=O)(=O)c1cccc(C(=O)N2CCCCC2C)c1)c1ccccc1. The van der Waals surface area contributed by atoms with Gasteiger partial charge in [-0.25, -0.2) is 13.1 Å². The van der Waals surface area contributed by atoms with Crippen molar-refractivity contribution in [1.29, 1.82) is 0 Å². The van der Waals surface area contributed by atoms with Crippen LogP contribution < -0.4 is 4.72 Å². The Morgan fingerprint density at radius 3 is 2.56 bits per heavy atom. The highest BCUT2D eigenvalue weighted by Gasteiger charge is 2.26. The van der Waals surface area contributed by atoms with Crippen LogP contribution in [0.15, 0.2) is 59.5 Å². The molecule has 1 amide bonds. The molecule has 1 saturated heterocycles. The molecule has 27 heavy (non-hydrogen) atoms. The molecule has 0 aromatic heterocycles. The largest absolute Gasteiger partial charge is 0.336 e. The van der Waals surface area contributed by atoms with E-state index in [4.69, 9.17) is 0 Å². The van der Waals surface area contributed by atoms with E-state index < -0.39 is 10.0 Å². The molecule has 2 atom stereocenters. The minimum atomic E-state index is -3.73. The minimum absolute atomic E-state index is 0.102. The number of likely N-dealkylation sites (tertiary alicyclic amines) is 1. The van der Waals surface area contributed by atoms with E-state index in [0.29, 0.717) is 5.56 Å². The van der Waals surface area contributed by atoms with E-state index in [1.54, 1.807) is 19.1 Å². The van der Waals surface area contributed by atoms with Crippen molar-refractivity contribution >= 4 is 15.9 Å². The maximum absolute atomic E-state index is 12.8. The van der Waals surface area contributed by atoms with Crippen molar-refractivity contribution in [2.75, 3.05) is 6.54 Å². The summed E-state index contributed by atoms with van der Waals surface area (Å²) in [6.07, 6.45) is 3.10. The first-order chi connectivity index (χ1) is 12.9. The molecule has 1 N–H and O–H groups in total. The fourth-order valence-corrected chi connectivity index (χ4v) is 4.75. The monoisotopic (exact) mass is 386 g/mol. The molecule has 1 fully saturated rings. The van der Waals surface area contributed by atoms with Crippen LogP contribution in [0.1, 0.15) is 55.1 Å². The molecule has 1 heterocycles. The maximum atomic E-state index is 12.8. The van der Waals surface area contributed by atoms with E-state index in [1.165, 1.54) is 12.1 Å². The Morgan fingerprint density at radius 1 is 1.11 bits per heavy atom. The summed E-state index contributed by atoms with van der Waals surface area (Å²) in [5.41, 5.74) is 1.30. The first-order valence-electron chi connectivity index (χ1n) is 9.37. The van der Waals surface area contributed by atoms with Crippen LogP contribution in [0.5, 0.6) is 0 Å². The van der Waals surface area contributed by atoms with Gasteiger partial charge in [-0.1, -0.05) is 36.4 Å². The fourth-order valence-electron chi connectivity index (χ4n) is 3.47. The van der Waals surface area contributed by atoms with Crippen molar-refractivity contribution in [3.8, 4) is 0 Å². The summed E-state index contributed by atoms with van der Waals surface area (Å²) in [5.74, 6) is -0.102. The zero-order valence-corrected chi connectivity index (χ0v) is 16.6. The summed E-state index contributed by atoms with van der Waals surface area (Å²) in [5, 5.41) is 0. The molecule has 1 aliphatic heterocycles. The second-order valence-corrected chi connectivity index (χ2v) is 8.84. The summed E-state index contributed by atoms with van der Waals surface area (Å²) >= 11 is 0. The Morgan fingerprint density at radius 2 is 1.85 bits per heavy atom. The number of carbonyl (C=O) groups excluding carboxylic acids is 1. The summed E-state index contributed by atoms with van der Waals surface area (Å²) in [6.45, 7) is 4.57. The summed E-state index contributed by atoms with van der Waals surface area (Å²) in [6, 6.07) is 15.5. The number of benzene rings is 2. The summed E-state index contributed by atoms with van der Waals surface area (Å²) in [4.78, 5) is 14.8. The van der Waals surface area contributed by atoms with Crippen LogP contribution in [-0.2, 0) is 10.0 Å². The van der Waals surface area contributed by atoms with Gasteiger partial charge in [-0.15, -0.1) is 0 Å². The van der Waals surface area contributed by atoms with E-state index in [-0.39, 0.29) is 22.9 Å². The number of sulfonamides is 1. The Balaban J connectivity index is 1.80. The van der Waals surface area contributed by atoms with Crippen LogP contribution in [0.4, 0.5) is 0 Å². The van der Waals surface area contributed by atoms with Crippen molar-refractivity contribution < 1.29 is 13.2 Å². The van der Waals surface area contributed by atoms with Gasteiger partial charge in [-0.2, -0.15) is 0 Å². The average Bonchev–Trinajstić information content (AvgIpc) is 2.68. The van der Waals surface area contributed by atoms with Crippen LogP contribution in [0.2, 0.25) is 0 Å². The van der Waals surface area contributed by atoms with Gasteiger partial charge in [0.25, 0.3) is 5.91 Å². The van der Waals surface area contributed by atoms with Gasteiger partial charge in [-0.3, -0.25) is 4.79 Å². The lowest BCUT2D eigenvalue weighted by molar-refractivity contribution is 0.0635. The van der Waals surface area contributed by atoms with Crippen molar-refractivity contribution in [3.05, 3.63) is 65.7 Å². The van der Waals surface area contributed by atoms with Gasteiger partial charge >= 0.3 is 0 Å². The molecule has 2 unspecified atom stereocenters. The molecule has 0 aliphatic carbocycles. The standard InChI is InChI=1S/C21H26N2O3S/c1-16-9-6-7-14-23(16)21(24)19-12-8-13-20(15-19)27(25,26)22-17(2)18-10-4-3-5-11-18/h3-5,8,10-13,15-17,22H,6-7,9,14H2,1-2H3. The van der Waals surface area contributed by atoms with Crippen LogP contribution >= 0.6 is 0 Å². The van der Waals surface area contributed by atoms with Crippen LogP contribution in [0, 0.1) is 0 Å². The summed E-state index contributed by atoms with van der Waals surface area (Å²) < 4.78 is 28.3. The maximum Gasteiger partial charge on any atom is 0.254 e. The molecule has 6 heteroatoms. The number of amides is 1. The number of nitrogens with zero attached hydrogens (tertiary/aromatic N) is 1. The number of rotatable bonds is 5. The lowest BCUT2D eigenvalue weighted by atomic mass is 10.0. The molecule has 0 radical (unpaired) electrons. The number of nitrogens with one attached hydrogen (secondary N) is 1. The molecular weight excluding hydrogens is 360 g/mol. The Hall–Kier alpha value is -2.18. The quantitative estimate of drug-likeness (QED) is 0.851. The predicted molar refractivity (Wildman–Crippen MR) is 106 cm³/mol. The van der Waals surface area contributed by atoms with Gasteiger partial charge in [0.1, 0.15) is 0 Å². The van der Waals surface area contributed by atoms with Gasteiger partial charge < -0.3 is 4.90 Å². The highest BCUT2D eigenvalue weighted by Crippen LogP contribution is 2.22. The zero-order valence-electron chi connectivity index (χ0n) is 15.8. The third-order valence-electron chi connectivity index (χ3n) is 5.09. The van der Waals surface area contributed by atoms with E-state index in [1.807, 2.05) is 42.2 Å². The van der Waals surface area contributed by atoms with Gasteiger partial charge in [0, 0.05) is 24.2 Å². The Kier molecular flexibility index (Phi) is 5.97. The highest BCUT2D eigenvalue weighted by atomic mass is 32.2. The molecule has 1 aliphatic rings.